The zero-order chi connectivity index (χ0) is 16.5. The number of ether oxygens (including phenoxy) is 1. The van der Waals surface area contributed by atoms with Gasteiger partial charge in [-0.25, -0.2) is 4.79 Å². The average Bonchev–Trinajstić information content (AvgIpc) is 2.08. The second-order valence-corrected chi connectivity index (χ2v) is 7.97. The number of rotatable bonds is 1. The van der Waals surface area contributed by atoms with Crippen molar-refractivity contribution in [2.24, 2.45) is 5.73 Å². The van der Waals surface area contributed by atoms with E-state index in [-0.39, 0.29) is 58.0 Å². The molecule has 0 spiro atoms. The van der Waals surface area contributed by atoms with Gasteiger partial charge >= 0.3 is 6.09 Å². The predicted molar refractivity (Wildman–Crippen MR) is 108 cm³/mol. The van der Waals surface area contributed by atoms with Crippen LogP contribution in [-0.4, -0.2) is 45.2 Å². The maximum absolute atomic E-state index is 11.4. The standard InChI is InChI=1S/C10H19NO3.C5H11NO.3CH4.ClH/c1-9(2,3)14-8(13)11-10(4)5-7(12)6-10;1-5(6)2-4(7)3-5;;;;/h7,12H,5-6H2,1-4H3,(H,11,13);4,7H,2-3,6H2,1H3;3*1H4;1H. The van der Waals surface area contributed by atoms with Crippen molar-refractivity contribution in [3.63, 3.8) is 0 Å². The molecule has 25 heavy (non-hydrogen) atoms. The number of carbonyl (C=O) groups is 1. The van der Waals surface area contributed by atoms with Crippen molar-refractivity contribution < 1.29 is 19.7 Å². The van der Waals surface area contributed by atoms with Gasteiger partial charge < -0.3 is 26.0 Å². The summed E-state index contributed by atoms with van der Waals surface area (Å²) in [6.07, 6.45) is 1.94. The number of hydrogen-bond donors (Lipinski definition) is 4. The van der Waals surface area contributed by atoms with Crippen LogP contribution in [0.15, 0.2) is 0 Å². The second-order valence-electron chi connectivity index (χ2n) is 7.97. The number of aliphatic hydroxyl groups excluding tert-OH is 2. The number of carbonyl (C=O) groups excluding carboxylic acids is 1. The first-order valence-electron chi connectivity index (χ1n) is 7.46. The van der Waals surface area contributed by atoms with Crippen LogP contribution in [0.4, 0.5) is 4.79 Å². The summed E-state index contributed by atoms with van der Waals surface area (Å²) in [6.45, 7) is 9.34. The topological polar surface area (TPSA) is 105 Å². The molecule has 0 aliphatic heterocycles. The Hall–Kier alpha value is -0.560. The van der Waals surface area contributed by atoms with E-state index in [0.717, 1.165) is 12.8 Å². The van der Waals surface area contributed by atoms with E-state index in [9.17, 15) is 4.79 Å². The molecule has 0 bridgehead atoms. The second kappa shape index (κ2) is 11.2. The minimum Gasteiger partial charge on any atom is -0.444 e. The van der Waals surface area contributed by atoms with Gasteiger partial charge in [-0.3, -0.25) is 0 Å². The third-order valence-electron chi connectivity index (χ3n) is 3.58. The van der Waals surface area contributed by atoms with Gasteiger partial charge in [0.15, 0.2) is 0 Å². The number of aliphatic hydroxyl groups is 2. The van der Waals surface area contributed by atoms with E-state index in [1.807, 2.05) is 34.6 Å². The van der Waals surface area contributed by atoms with E-state index in [4.69, 9.17) is 20.7 Å². The van der Waals surface area contributed by atoms with Gasteiger partial charge in [0.2, 0.25) is 0 Å². The Morgan fingerprint density at radius 2 is 1.40 bits per heavy atom. The Morgan fingerprint density at radius 1 is 1.04 bits per heavy atom. The van der Waals surface area contributed by atoms with Crippen LogP contribution in [0.3, 0.4) is 0 Å². The summed E-state index contributed by atoms with van der Waals surface area (Å²) in [5, 5.41) is 20.6. The molecule has 0 saturated heterocycles. The van der Waals surface area contributed by atoms with Crippen LogP contribution in [0, 0.1) is 0 Å². The van der Waals surface area contributed by atoms with E-state index in [0.29, 0.717) is 12.8 Å². The molecule has 0 radical (unpaired) electrons. The highest BCUT2D eigenvalue weighted by molar-refractivity contribution is 5.85. The quantitative estimate of drug-likeness (QED) is 0.550. The largest absolute Gasteiger partial charge is 0.444 e. The summed E-state index contributed by atoms with van der Waals surface area (Å²) < 4.78 is 5.11. The maximum Gasteiger partial charge on any atom is 0.408 e. The molecule has 0 atom stereocenters. The Kier molecular flexibility index (Phi) is 14.4. The Labute approximate surface area is 161 Å². The number of amides is 1. The molecule has 6 nitrogen and oxygen atoms in total. The maximum atomic E-state index is 11.4. The summed E-state index contributed by atoms with van der Waals surface area (Å²) in [5.74, 6) is 0. The van der Waals surface area contributed by atoms with Crippen LogP contribution >= 0.6 is 12.4 Å². The summed E-state index contributed by atoms with van der Waals surface area (Å²) >= 11 is 0. The number of alkyl carbamates (subject to hydrolysis) is 1. The fourth-order valence-corrected chi connectivity index (χ4v) is 2.65. The van der Waals surface area contributed by atoms with E-state index in [1.54, 1.807) is 0 Å². The zero-order valence-electron chi connectivity index (χ0n) is 14.2. The average molecular weight is 387 g/mol. The fraction of sp³-hybridized carbons (Fsp3) is 0.944. The normalized spacial score (nSPS) is 32.2. The van der Waals surface area contributed by atoms with Crippen molar-refractivity contribution >= 4 is 18.5 Å². The molecule has 2 fully saturated rings. The molecule has 2 rings (SSSR count). The van der Waals surface area contributed by atoms with Gasteiger partial charge in [-0.05, 0) is 60.3 Å². The Bertz CT molecular complexity index is 370. The van der Waals surface area contributed by atoms with Gasteiger partial charge in [0.25, 0.3) is 0 Å². The Balaban J connectivity index is -0.000000174. The monoisotopic (exact) mass is 386 g/mol. The van der Waals surface area contributed by atoms with Crippen molar-refractivity contribution in [3.05, 3.63) is 0 Å². The van der Waals surface area contributed by atoms with Crippen molar-refractivity contribution in [2.75, 3.05) is 0 Å². The van der Waals surface area contributed by atoms with E-state index < -0.39 is 11.7 Å². The molecule has 0 unspecified atom stereocenters. The molecule has 0 aromatic carbocycles. The van der Waals surface area contributed by atoms with Crippen LogP contribution in [0.2, 0.25) is 0 Å². The first kappa shape index (κ1) is 32.1. The minimum atomic E-state index is -0.469. The van der Waals surface area contributed by atoms with Crippen molar-refractivity contribution in [1.82, 2.24) is 5.32 Å². The van der Waals surface area contributed by atoms with Crippen molar-refractivity contribution in [3.8, 4) is 0 Å². The van der Waals surface area contributed by atoms with Crippen LogP contribution in [0.5, 0.6) is 0 Å². The lowest BCUT2D eigenvalue weighted by Gasteiger charge is -2.43. The van der Waals surface area contributed by atoms with E-state index >= 15 is 0 Å². The third kappa shape index (κ3) is 12.4. The van der Waals surface area contributed by atoms with E-state index in [2.05, 4.69) is 5.32 Å². The zero-order valence-corrected chi connectivity index (χ0v) is 15.0. The number of nitrogens with one attached hydrogen (secondary N) is 1. The molecule has 2 aliphatic rings. The number of halogens is 1. The van der Waals surface area contributed by atoms with Gasteiger partial charge in [-0.1, -0.05) is 22.3 Å². The molecule has 156 valence electrons. The van der Waals surface area contributed by atoms with Gasteiger partial charge in [0.05, 0.1) is 12.2 Å². The summed E-state index contributed by atoms with van der Waals surface area (Å²) in [5.41, 5.74) is 4.74. The van der Waals surface area contributed by atoms with Crippen LogP contribution < -0.4 is 11.1 Å². The molecule has 0 aromatic rings. The van der Waals surface area contributed by atoms with Gasteiger partial charge in [-0.2, -0.15) is 0 Å². The van der Waals surface area contributed by atoms with Crippen LogP contribution in [0.1, 0.15) is 82.6 Å². The molecular weight excluding hydrogens is 344 g/mol. The first-order valence-corrected chi connectivity index (χ1v) is 7.46. The lowest BCUT2D eigenvalue weighted by atomic mass is 9.76. The smallest absolute Gasteiger partial charge is 0.408 e. The highest BCUT2D eigenvalue weighted by atomic mass is 35.5. The van der Waals surface area contributed by atoms with Crippen molar-refractivity contribution in [1.29, 1.82) is 0 Å². The molecule has 2 aliphatic carbocycles. The van der Waals surface area contributed by atoms with Crippen molar-refractivity contribution in [2.45, 2.75) is 111 Å². The molecule has 0 aromatic heterocycles. The summed E-state index contributed by atoms with van der Waals surface area (Å²) in [7, 11) is 0. The Morgan fingerprint density at radius 3 is 1.60 bits per heavy atom. The predicted octanol–water partition coefficient (Wildman–Crippen LogP) is 3.61. The summed E-state index contributed by atoms with van der Waals surface area (Å²) in [6, 6.07) is 0. The minimum absolute atomic E-state index is 0. The highest BCUT2D eigenvalue weighted by Crippen LogP contribution is 2.31. The summed E-state index contributed by atoms with van der Waals surface area (Å²) in [4.78, 5) is 11.4. The van der Waals surface area contributed by atoms with Crippen LogP contribution in [0.25, 0.3) is 0 Å². The molecule has 1 amide bonds. The lowest BCUT2D eigenvalue weighted by Crippen LogP contribution is -2.57. The molecular formula is C18H43ClN2O4. The van der Waals surface area contributed by atoms with Gasteiger partial charge in [-0.15, -0.1) is 12.4 Å². The molecule has 2 saturated carbocycles. The lowest BCUT2D eigenvalue weighted by molar-refractivity contribution is -0.00217. The van der Waals surface area contributed by atoms with E-state index in [1.165, 1.54) is 0 Å². The SMILES string of the molecule is C.C.C.CC1(N)CC(O)C1.CC1(NC(=O)OC(C)(C)C)CC(O)C1.Cl. The number of hydrogen-bond acceptors (Lipinski definition) is 5. The van der Waals surface area contributed by atoms with Gasteiger partial charge in [0.1, 0.15) is 5.60 Å². The molecule has 0 heterocycles. The molecule has 5 N–H and O–H groups in total. The van der Waals surface area contributed by atoms with Gasteiger partial charge in [0, 0.05) is 11.1 Å². The number of nitrogens with two attached hydrogens (primary N) is 1. The van der Waals surface area contributed by atoms with Crippen LogP contribution in [-0.2, 0) is 4.74 Å². The third-order valence-corrected chi connectivity index (χ3v) is 3.58. The highest BCUT2D eigenvalue weighted by Gasteiger charge is 2.41. The molecule has 7 heteroatoms. The first-order chi connectivity index (χ1) is 9.30. The fourth-order valence-electron chi connectivity index (χ4n) is 2.65.